The molecular weight excluding hydrogens is 260 g/mol. The number of benzene rings is 1. The fourth-order valence-electron chi connectivity index (χ4n) is 2.51. The highest BCUT2D eigenvalue weighted by Gasteiger charge is 2.20. The van der Waals surface area contributed by atoms with Crippen LogP contribution in [0.4, 0.5) is 0 Å². The fraction of sp³-hybridized carbons (Fsp3) is 0.294. The smallest absolute Gasteiger partial charge is 0.0924 e. The molecule has 2 aromatic rings. The minimum absolute atomic E-state index is 0.127. The standard InChI is InChI=1S/C17H22N4/c1-2-21(13-14-8-10-20-11-9-14)16(12-17(18)19)15-6-4-3-5-7-15/h3-11,16H,2,12-13H2,1H3,(H3,18,19). The minimum atomic E-state index is 0.127. The molecule has 3 N–H and O–H groups in total. The molecule has 0 amide bonds. The molecule has 0 spiro atoms. The molecule has 0 saturated heterocycles. The highest BCUT2D eigenvalue weighted by atomic mass is 15.1. The average molecular weight is 282 g/mol. The van der Waals surface area contributed by atoms with Crippen LogP contribution in [0.25, 0.3) is 0 Å². The van der Waals surface area contributed by atoms with Crippen LogP contribution in [-0.2, 0) is 6.54 Å². The summed E-state index contributed by atoms with van der Waals surface area (Å²) in [5.41, 5.74) is 8.08. The van der Waals surface area contributed by atoms with Crippen LogP contribution in [0.2, 0.25) is 0 Å². The molecule has 0 saturated carbocycles. The van der Waals surface area contributed by atoms with E-state index in [2.05, 4.69) is 28.9 Å². The second-order valence-electron chi connectivity index (χ2n) is 5.07. The molecule has 1 atom stereocenters. The largest absolute Gasteiger partial charge is 0.388 e. The number of nitrogens with two attached hydrogens (primary N) is 1. The molecule has 0 aliphatic rings. The summed E-state index contributed by atoms with van der Waals surface area (Å²) in [6, 6.07) is 14.4. The van der Waals surface area contributed by atoms with Crippen LogP contribution in [0.5, 0.6) is 0 Å². The van der Waals surface area contributed by atoms with E-state index < -0.39 is 0 Å². The molecule has 1 aromatic heterocycles. The third-order valence-corrected chi connectivity index (χ3v) is 3.58. The number of nitrogens with one attached hydrogen (secondary N) is 1. The molecule has 110 valence electrons. The third kappa shape index (κ3) is 4.39. The Labute approximate surface area is 126 Å². The summed E-state index contributed by atoms with van der Waals surface area (Å²) >= 11 is 0. The van der Waals surface area contributed by atoms with E-state index in [1.165, 1.54) is 11.1 Å². The van der Waals surface area contributed by atoms with Crippen molar-refractivity contribution in [2.24, 2.45) is 5.73 Å². The van der Waals surface area contributed by atoms with Crippen LogP contribution in [0.3, 0.4) is 0 Å². The summed E-state index contributed by atoms with van der Waals surface area (Å²) in [6.45, 7) is 3.86. The van der Waals surface area contributed by atoms with Gasteiger partial charge in [-0.2, -0.15) is 0 Å². The number of aromatic nitrogens is 1. The number of nitrogens with zero attached hydrogens (tertiary/aromatic N) is 2. The van der Waals surface area contributed by atoms with Crippen molar-refractivity contribution in [2.75, 3.05) is 6.54 Å². The summed E-state index contributed by atoms with van der Waals surface area (Å²) in [5.74, 6) is 0.219. The Balaban J connectivity index is 2.23. The summed E-state index contributed by atoms with van der Waals surface area (Å²) in [6.07, 6.45) is 4.17. The quantitative estimate of drug-likeness (QED) is 0.606. The molecule has 21 heavy (non-hydrogen) atoms. The van der Waals surface area contributed by atoms with Gasteiger partial charge in [-0.25, -0.2) is 0 Å². The molecular formula is C17H22N4. The van der Waals surface area contributed by atoms with E-state index >= 15 is 0 Å². The summed E-state index contributed by atoms with van der Waals surface area (Å²) in [5, 5.41) is 7.66. The maximum atomic E-state index is 7.66. The van der Waals surface area contributed by atoms with Crippen molar-refractivity contribution < 1.29 is 0 Å². The number of rotatable bonds is 7. The second kappa shape index (κ2) is 7.55. The van der Waals surface area contributed by atoms with Crippen molar-refractivity contribution in [3.05, 3.63) is 66.0 Å². The number of hydrogen-bond acceptors (Lipinski definition) is 3. The van der Waals surface area contributed by atoms with E-state index in [4.69, 9.17) is 11.1 Å². The lowest BCUT2D eigenvalue weighted by molar-refractivity contribution is 0.203. The Morgan fingerprint density at radius 3 is 2.43 bits per heavy atom. The van der Waals surface area contributed by atoms with Gasteiger partial charge >= 0.3 is 0 Å². The van der Waals surface area contributed by atoms with E-state index in [1.807, 2.05) is 42.7 Å². The SMILES string of the molecule is CCN(Cc1ccncc1)C(CC(=N)N)c1ccccc1. The Hall–Kier alpha value is -2.20. The van der Waals surface area contributed by atoms with Crippen LogP contribution in [0.1, 0.15) is 30.5 Å². The van der Waals surface area contributed by atoms with Gasteiger partial charge in [0.1, 0.15) is 0 Å². The second-order valence-corrected chi connectivity index (χ2v) is 5.07. The number of amidine groups is 1. The first kappa shape index (κ1) is 15.2. The Morgan fingerprint density at radius 2 is 1.86 bits per heavy atom. The zero-order valence-electron chi connectivity index (χ0n) is 12.4. The van der Waals surface area contributed by atoms with E-state index in [9.17, 15) is 0 Å². The minimum Gasteiger partial charge on any atom is -0.388 e. The number of pyridine rings is 1. The van der Waals surface area contributed by atoms with Crippen LogP contribution in [-0.4, -0.2) is 22.3 Å². The molecule has 0 fully saturated rings. The van der Waals surface area contributed by atoms with Crippen molar-refractivity contribution in [1.29, 1.82) is 5.41 Å². The van der Waals surface area contributed by atoms with Gasteiger partial charge in [-0.1, -0.05) is 37.3 Å². The zero-order chi connectivity index (χ0) is 15.1. The highest BCUT2D eigenvalue weighted by molar-refractivity contribution is 5.77. The lowest BCUT2D eigenvalue weighted by Crippen LogP contribution is -2.31. The van der Waals surface area contributed by atoms with Crippen molar-refractivity contribution in [3.63, 3.8) is 0 Å². The lowest BCUT2D eigenvalue weighted by atomic mass is 10.0. The van der Waals surface area contributed by atoms with Gasteiger partial charge in [-0.15, -0.1) is 0 Å². The Bertz CT molecular complexity index is 554. The van der Waals surface area contributed by atoms with Gasteiger partial charge in [0.25, 0.3) is 0 Å². The molecule has 0 aliphatic heterocycles. The van der Waals surface area contributed by atoms with Crippen molar-refractivity contribution in [3.8, 4) is 0 Å². The van der Waals surface area contributed by atoms with Crippen LogP contribution in [0, 0.1) is 5.41 Å². The van der Waals surface area contributed by atoms with Gasteiger partial charge in [-0.3, -0.25) is 15.3 Å². The van der Waals surface area contributed by atoms with Gasteiger partial charge in [-0.05, 0) is 29.8 Å². The monoisotopic (exact) mass is 282 g/mol. The first-order valence-corrected chi connectivity index (χ1v) is 7.21. The first-order valence-electron chi connectivity index (χ1n) is 7.21. The van der Waals surface area contributed by atoms with Gasteiger partial charge in [0.05, 0.1) is 5.84 Å². The first-order chi connectivity index (χ1) is 10.2. The lowest BCUT2D eigenvalue weighted by Gasteiger charge is -2.31. The molecule has 0 radical (unpaired) electrons. The molecule has 0 bridgehead atoms. The highest BCUT2D eigenvalue weighted by Crippen LogP contribution is 2.25. The maximum absolute atomic E-state index is 7.66. The molecule has 1 unspecified atom stereocenters. The molecule has 4 nitrogen and oxygen atoms in total. The molecule has 0 aliphatic carbocycles. The third-order valence-electron chi connectivity index (χ3n) is 3.58. The Morgan fingerprint density at radius 1 is 1.19 bits per heavy atom. The van der Waals surface area contributed by atoms with E-state index in [1.54, 1.807) is 0 Å². The topological polar surface area (TPSA) is 66.0 Å². The van der Waals surface area contributed by atoms with Crippen LogP contribution in [0.15, 0.2) is 54.9 Å². The predicted molar refractivity (Wildman–Crippen MR) is 86.0 cm³/mol. The maximum Gasteiger partial charge on any atom is 0.0924 e. The van der Waals surface area contributed by atoms with E-state index in [0.717, 1.165) is 13.1 Å². The zero-order valence-corrected chi connectivity index (χ0v) is 12.4. The predicted octanol–water partition coefficient (Wildman–Crippen LogP) is 2.97. The summed E-state index contributed by atoms with van der Waals surface area (Å²) < 4.78 is 0. The molecule has 4 heteroatoms. The van der Waals surface area contributed by atoms with Gasteiger partial charge in [0, 0.05) is 31.4 Å². The van der Waals surface area contributed by atoms with Crippen LogP contribution < -0.4 is 5.73 Å². The molecule has 1 aromatic carbocycles. The van der Waals surface area contributed by atoms with Crippen molar-refractivity contribution in [1.82, 2.24) is 9.88 Å². The normalized spacial score (nSPS) is 12.3. The molecule has 1 heterocycles. The molecule has 2 rings (SSSR count). The van der Waals surface area contributed by atoms with Crippen molar-refractivity contribution in [2.45, 2.75) is 25.9 Å². The Kier molecular flexibility index (Phi) is 5.46. The van der Waals surface area contributed by atoms with Crippen molar-refractivity contribution >= 4 is 5.84 Å². The van der Waals surface area contributed by atoms with Gasteiger partial charge < -0.3 is 5.73 Å². The van der Waals surface area contributed by atoms with Gasteiger partial charge in [0.15, 0.2) is 0 Å². The van der Waals surface area contributed by atoms with E-state index in [-0.39, 0.29) is 11.9 Å². The van der Waals surface area contributed by atoms with Crippen LogP contribution >= 0.6 is 0 Å². The van der Waals surface area contributed by atoms with E-state index in [0.29, 0.717) is 6.42 Å². The number of hydrogen-bond donors (Lipinski definition) is 2. The summed E-state index contributed by atoms with van der Waals surface area (Å²) in [4.78, 5) is 6.40. The van der Waals surface area contributed by atoms with Gasteiger partial charge in [0.2, 0.25) is 0 Å². The fourth-order valence-corrected chi connectivity index (χ4v) is 2.51. The summed E-state index contributed by atoms with van der Waals surface area (Å²) in [7, 11) is 0. The average Bonchev–Trinajstić information content (AvgIpc) is 2.52.